The fraction of sp³-hybridized carbons (Fsp3) is 0. The molecule has 2 N–H and O–H groups in total. The zero-order valence-corrected chi connectivity index (χ0v) is 18.9. The van der Waals surface area contributed by atoms with E-state index in [1.54, 1.807) is 42.5 Å². The zero-order chi connectivity index (χ0) is 20.1. The quantitative estimate of drug-likeness (QED) is 0.318. The predicted molar refractivity (Wildman–Crippen MR) is 109 cm³/mol. The van der Waals surface area contributed by atoms with E-state index < -0.39 is 20.2 Å². The van der Waals surface area contributed by atoms with Crippen molar-refractivity contribution in [2.24, 2.45) is 0 Å². The van der Waals surface area contributed by atoms with E-state index in [0.29, 0.717) is 16.2 Å². The molecule has 144 valence electrons. The van der Waals surface area contributed by atoms with Crippen LogP contribution in [0.25, 0.3) is 32.3 Å². The Balaban J connectivity index is 0.000000200. The van der Waals surface area contributed by atoms with Crippen LogP contribution in [0, 0.1) is 0 Å². The standard InChI is InChI=1S/C10H6O3S.C10H8O3S.Na.H/c11-14(12,13)10-8-3-1-6-5-7(8)2-4-9(6)10;11-14(12,13)10-7-3-5-8-4-1-2-6-9(8)10;;/h1-5H,(H,11,12,13);1-7H,(H,11,12,13);;/q;;+1;-1. The smallest absolute Gasteiger partial charge is 1.00 e. The molecule has 0 radical (unpaired) electrons. The summed E-state index contributed by atoms with van der Waals surface area (Å²) in [5, 5.41) is 4.23. The van der Waals surface area contributed by atoms with Crippen molar-refractivity contribution in [3.8, 4) is 0 Å². The summed E-state index contributed by atoms with van der Waals surface area (Å²) in [6, 6.07) is 20.9. The van der Waals surface area contributed by atoms with E-state index in [9.17, 15) is 16.8 Å². The first-order valence-corrected chi connectivity index (χ1v) is 11.0. The van der Waals surface area contributed by atoms with Crippen LogP contribution >= 0.6 is 0 Å². The van der Waals surface area contributed by atoms with Crippen molar-refractivity contribution in [3.63, 3.8) is 0 Å². The first kappa shape index (κ1) is 21.9. The first-order chi connectivity index (χ1) is 13.2. The van der Waals surface area contributed by atoms with Gasteiger partial charge in [-0.3, -0.25) is 9.11 Å². The van der Waals surface area contributed by atoms with Crippen LogP contribution in [0.15, 0.2) is 82.6 Å². The number of hydrogen-bond acceptors (Lipinski definition) is 4. The summed E-state index contributed by atoms with van der Waals surface area (Å²) in [5.41, 5.74) is 0. The average molecular weight is 438 g/mol. The van der Waals surface area contributed by atoms with Gasteiger partial charge in [-0.2, -0.15) is 16.8 Å². The third kappa shape index (κ3) is 4.10. The molecule has 0 heterocycles. The molecule has 0 aliphatic carbocycles. The van der Waals surface area contributed by atoms with Gasteiger partial charge in [-0.05, 0) is 28.3 Å². The second-order valence-electron chi connectivity index (χ2n) is 6.31. The number of rotatable bonds is 2. The van der Waals surface area contributed by atoms with E-state index in [-0.39, 0.29) is 40.8 Å². The Kier molecular flexibility index (Phi) is 5.90. The maximum Gasteiger partial charge on any atom is 1.00 e. The van der Waals surface area contributed by atoms with Gasteiger partial charge in [0.15, 0.2) is 0 Å². The minimum absolute atomic E-state index is 0. The predicted octanol–water partition coefficient (Wildman–Crippen LogP) is 1.32. The van der Waals surface area contributed by atoms with Crippen LogP contribution in [-0.2, 0) is 20.2 Å². The van der Waals surface area contributed by atoms with Crippen LogP contribution in [0.1, 0.15) is 1.43 Å². The molecule has 0 aliphatic rings. The molecule has 7 rings (SSSR count). The van der Waals surface area contributed by atoms with Crippen LogP contribution in [0.5, 0.6) is 0 Å². The normalized spacial score (nSPS) is 12.1. The molecule has 6 nitrogen and oxygen atoms in total. The Labute approximate surface area is 191 Å². The van der Waals surface area contributed by atoms with Gasteiger partial charge in [0.2, 0.25) is 0 Å². The maximum atomic E-state index is 11.1. The van der Waals surface area contributed by atoms with E-state index >= 15 is 0 Å². The molecular weight excluding hydrogens is 423 g/mol. The summed E-state index contributed by atoms with van der Waals surface area (Å²) in [6.07, 6.45) is 0. The third-order valence-electron chi connectivity index (χ3n) is 4.57. The molecule has 0 atom stereocenters. The molecule has 0 aliphatic heterocycles. The molecule has 29 heavy (non-hydrogen) atoms. The molecule has 0 amide bonds. The van der Waals surface area contributed by atoms with Gasteiger partial charge in [0.05, 0.1) is 0 Å². The van der Waals surface area contributed by atoms with Crippen LogP contribution < -0.4 is 29.6 Å². The van der Waals surface area contributed by atoms with Gasteiger partial charge in [-0.15, -0.1) is 0 Å². The molecule has 4 bridgehead atoms. The second kappa shape index (κ2) is 7.81. The van der Waals surface area contributed by atoms with E-state index in [0.717, 1.165) is 16.2 Å². The van der Waals surface area contributed by atoms with Crippen molar-refractivity contribution < 1.29 is 56.9 Å². The average Bonchev–Trinajstić information content (AvgIpc) is 2.66. The zero-order valence-electron chi connectivity index (χ0n) is 16.3. The van der Waals surface area contributed by atoms with Crippen LogP contribution in [0.2, 0.25) is 0 Å². The summed E-state index contributed by atoms with van der Waals surface area (Å²) in [7, 11) is -8.24. The van der Waals surface area contributed by atoms with Crippen molar-refractivity contribution in [1.29, 1.82) is 0 Å². The first-order valence-electron chi connectivity index (χ1n) is 8.16. The molecular formula is C20H15NaO6S2. The molecule has 0 aromatic heterocycles. The summed E-state index contributed by atoms with van der Waals surface area (Å²) in [5.74, 6) is 0. The molecule has 0 saturated heterocycles. The van der Waals surface area contributed by atoms with Gasteiger partial charge in [-0.25, -0.2) is 0 Å². The molecule has 0 fully saturated rings. The van der Waals surface area contributed by atoms with E-state index in [4.69, 9.17) is 9.11 Å². The van der Waals surface area contributed by atoms with Gasteiger partial charge in [0.1, 0.15) is 9.79 Å². The largest absolute Gasteiger partial charge is 1.00 e. The number of fused-ring (bicyclic) bond motifs is 3. The van der Waals surface area contributed by atoms with Gasteiger partial charge in [-0.1, -0.05) is 60.7 Å². The second-order valence-corrected chi connectivity index (χ2v) is 9.05. The van der Waals surface area contributed by atoms with E-state index in [2.05, 4.69) is 0 Å². The third-order valence-corrected chi connectivity index (χ3v) is 6.43. The minimum Gasteiger partial charge on any atom is -1.00 e. The Morgan fingerprint density at radius 2 is 1.14 bits per heavy atom. The van der Waals surface area contributed by atoms with Gasteiger partial charge in [0, 0.05) is 16.2 Å². The maximum absolute atomic E-state index is 11.1. The monoisotopic (exact) mass is 438 g/mol. The van der Waals surface area contributed by atoms with Crippen molar-refractivity contribution in [3.05, 3.63) is 72.8 Å². The van der Waals surface area contributed by atoms with Gasteiger partial charge < -0.3 is 1.43 Å². The Bertz CT molecular complexity index is 1450. The van der Waals surface area contributed by atoms with Crippen LogP contribution in [0.4, 0.5) is 0 Å². The summed E-state index contributed by atoms with van der Waals surface area (Å²) >= 11 is 0. The van der Waals surface area contributed by atoms with Crippen molar-refractivity contribution in [1.82, 2.24) is 0 Å². The van der Waals surface area contributed by atoms with Gasteiger partial charge in [0.25, 0.3) is 20.2 Å². The minimum atomic E-state index is -4.13. The number of hydrogen-bond donors (Lipinski definition) is 2. The topological polar surface area (TPSA) is 109 Å². The fourth-order valence-electron chi connectivity index (χ4n) is 3.39. The van der Waals surface area contributed by atoms with E-state index in [1.165, 1.54) is 6.07 Å². The van der Waals surface area contributed by atoms with Crippen LogP contribution in [-0.4, -0.2) is 25.9 Å². The molecule has 7 aromatic carbocycles. The van der Waals surface area contributed by atoms with Crippen molar-refractivity contribution in [2.75, 3.05) is 0 Å². The van der Waals surface area contributed by atoms with Crippen LogP contribution in [0.3, 0.4) is 0 Å². The molecule has 0 unspecified atom stereocenters. The molecule has 9 heteroatoms. The van der Waals surface area contributed by atoms with E-state index in [1.807, 2.05) is 24.3 Å². The van der Waals surface area contributed by atoms with Crippen molar-refractivity contribution >= 4 is 52.6 Å². The Morgan fingerprint density at radius 1 is 0.586 bits per heavy atom. The summed E-state index contributed by atoms with van der Waals surface area (Å²) < 4.78 is 62.3. The van der Waals surface area contributed by atoms with Crippen molar-refractivity contribution in [2.45, 2.75) is 9.79 Å². The Morgan fingerprint density at radius 3 is 1.66 bits per heavy atom. The molecule has 7 aromatic rings. The molecule has 0 spiro atoms. The fourth-order valence-corrected chi connectivity index (χ4v) is 5.04. The summed E-state index contributed by atoms with van der Waals surface area (Å²) in [4.78, 5) is 0.00519. The number of benzene rings is 7. The summed E-state index contributed by atoms with van der Waals surface area (Å²) in [6.45, 7) is 0. The van der Waals surface area contributed by atoms with Gasteiger partial charge >= 0.3 is 29.6 Å². The molecule has 0 saturated carbocycles. The SMILES string of the molecule is O=S(=O)(O)c1c2ccc3cc2ccc13.O=S(=O)(O)c1cccc2ccccc12.[H-].[Na+]. The Hall–Kier alpha value is -1.78.